The van der Waals surface area contributed by atoms with Gasteiger partial charge < -0.3 is 15.1 Å². The Morgan fingerprint density at radius 2 is 1.90 bits per heavy atom. The van der Waals surface area contributed by atoms with Crippen LogP contribution in [0.5, 0.6) is 0 Å². The molecule has 1 aromatic carbocycles. The van der Waals surface area contributed by atoms with Crippen molar-refractivity contribution in [3.63, 3.8) is 0 Å². The second-order valence-corrected chi connectivity index (χ2v) is 4.36. The highest BCUT2D eigenvalue weighted by atomic mass is 16.3. The van der Waals surface area contributed by atoms with Crippen LogP contribution in [0.15, 0.2) is 53.1 Å². The summed E-state index contributed by atoms with van der Waals surface area (Å²) < 4.78 is 4.93. The van der Waals surface area contributed by atoms with Crippen LogP contribution >= 0.6 is 0 Å². The largest absolute Gasteiger partial charge is 0.459 e. The number of hydrogen-bond acceptors (Lipinski definition) is 3. The van der Waals surface area contributed by atoms with E-state index in [4.69, 9.17) is 4.42 Å². The molecule has 0 spiro atoms. The molecule has 0 aliphatic heterocycles. The van der Waals surface area contributed by atoms with Gasteiger partial charge in [0.25, 0.3) is 5.91 Å². The fourth-order valence-corrected chi connectivity index (χ4v) is 1.77. The highest BCUT2D eigenvalue weighted by Gasteiger charge is 2.12. The maximum absolute atomic E-state index is 11.7. The second-order valence-electron chi connectivity index (χ2n) is 4.36. The van der Waals surface area contributed by atoms with Crippen molar-refractivity contribution in [3.8, 4) is 0 Å². The number of carbonyl (C=O) groups excluding carboxylic acids is 2. The summed E-state index contributed by atoms with van der Waals surface area (Å²) in [6.07, 6.45) is 1.41. The fourth-order valence-electron chi connectivity index (χ4n) is 1.77. The van der Waals surface area contributed by atoms with Crippen LogP contribution in [0, 0.1) is 0 Å². The molecular weight excluding hydrogens is 256 g/mol. The Kier molecular flexibility index (Phi) is 4.55. The summed E-state index contributed by atoms with van der Waals surface area (Å²) >= 11 is 0. The molecule has 0 aliphatic carbocycles. The summed E-state index contributed by atoms with van der Waals surface area (Å²) in [5, 5.41) is 5.31. The van der Waals surface area contributed by atoms with Crippen LogP contribution in [0.2, 0.25) is 0 Å². The van der Waals surface area contributed by atoms with Gasteiger partial charge in [-0.05, 0) is 24.6 Å². The van der Waals surface area contributed by atoms with E-state index < -0.39 is 5.91 Å². The van der Waals surface area contributed by atoms with Crippen LogP contribution in [-0.4, -0.2) is 18.4 Å². The lowest BCUT2D eigenvalue weighted by Gasteiger charge is -2.14. The molecular formula is C15H16N2O3. The third-order valence-electron chi connectivity index (χ3n) is 2.83. The molecule has 0 saturated heterocycles. The lowest BCUT2D eigenvalue weighted by Crippen LogP contribution is -2.37. The summed E-state index contributed by atoms with van der Waals surface area (Å²) in [5.74, 6) is -0.465. The number of furan rings is 1. The van der Waals surface area contributed by atoms with Gasteiger partial charge in [0.05, 0.1) is 18.8 Å². The monoisotopic (exact) mass is 272 g/mol. The van der Waals surface area contributed by atoms with Gasteiger partial charge >= 0.3 is 0 Å². The molecule has 0 bridgehead atoms. The topological polar surface area (TPSA) is 71.3 Å². The Hall–Kier alpha value is -2.56. The number of rotatable bonds is 5. The Bertz CT molecular complexity index is 564. The SMILES string of the molecule is CC(NC(=O)CNC(=O)c1ccco1)c1ccccc1. The molecule has 0 fully saturated rings. The van der Waals surface area contributed by atoms with E-state index in [1.807, 2.05) is 37.3 Å². The molecule has 2 N–H and O–H groups in total. The van der Waals surface area contributed by atoms with E-state index in [1.165, 1.54) is 6.26 Å². The lowest BCUT2D eigenvalue weighted by atomic mass is 10.1. The Balaban J connectivity index is 1.80. The molecule has 2 rings (SSSR count). The number of hydrogen-bond donors (Lipinski definition) is 2. The summed E-state index contributed by atoms with van der Waals surface area (Å²) in [7, 11) is 0. The summed E-state index contributed by atoms with van der Waals surface area (Å²) in [6, 6.07) is 12.7. The van der Waals surface area contributed by atoms with Gasteiger partial charge in [-0.3, -0.25) is 9.59 Å². The average Bonchev–Trinajstić information content (AvgIpc) is 3.00. The summed E-state index contributed by atoms with van der Waals surface area (Å²) in [6.45, 7) is 1.80. The zero-order valence-electron chi connectivity index (χ0n) is 11.1. The van der Waals surface area contributed by atoms with E-state index >= 15 is 0 Å². The fraction of sp³-hybridized carbons (Fsp3) is 0.200. The third kappa shape index (κ3) is 3.71. The molecule has 1 heterocycles. The molecule has 5 heteroatoms. The van der Waals surface area contributed by atoms with Gasteiger partial charge in [-0.15, -0.1) is 0 Å². The van der Waals surface area contributed by atoms with Crippen LogP contribution in [0.1, 0.15) is 29.1 Å². The molecule has 1 unspecified atom stereocenters. The highest BCUT2D eigenvalue weighted by Crippen LogP contribution is 2.10. The molecule has 5 nitrogen and oxygen atoms in total. The molecule has 2 amide bonds. The quantitative estimate of drug-likeness (QED) is 0.873. The van der Waals surface area contributed by atoms with Crippen LogP contribution in [0.3, 0.4) is 0 Å². The number of carbonyl (C=O) groups is 2. The van der Waals surface area contributed by atoms with Gasteiger partial charge in [0.2, 0.25) is 5.91 Å². The van der Waals surface area contributed by atoms with Crippen molar-refractivity contribution in [2.45, 2.75) is 13.0 Å². The first-order chi connectivity index (χ1) is 9.66. The summed E-state index contributed by atoms with van der Waals surface area (Å²) in [4.78, 5) is 23.3. The van der Waals surface area contributed by atoms with Crippen molar-refractivity contribution in [1.29, 1.82) is 0 Å². The zero-order valence-corrected chi connectivity index (χ0v) is 11.1. The maximum Gasteiger partial charge on any atom is 0.287 e. The standard InChI is InChI=1S/C15H16N2O3/c1-11(12-6-3-2-4-7-12)17-14(18)10-16-15(19)13-8-5-9-20-13/h2-9,11H,10H2,1H3,(H,16,19)(H,17,18). The van der Waals surface area contributed by atoms with Crippen molar-refractivity contribution < 1.29 is 14.0 Å². The van der Waals surface area contributed by atoms with Gasteiger partial charge in [0.1, 0.15) is 0 Å². The Morgan fingerprint density at radius 1 is 1.15 bits per heavy atom. The van der Waals surface area contributed by atoms with Crippen LogP contribution < -0.4 is 10.6 Å². The Labute approximate surface area is 117 Å². The van der Waals surface area contributed by atoms with Gasteiger partial charge in [-0.2, -0.15) is 0 Å². The number of nitrogens with one attached hydrogen (secondary N) is 2. The molecule has 1 atom stereocenters. The lowest BCUT2D eigenvalue weighted by molar-refractivity contribution is -0.120. The molecule has 104 valence electrons. The zero-order chi connectivity index (χ0) is 14.4. The van der Waals surface area contributed by atoms with E-state index in [9.17, 15) is 9.59 Å². The average molecular weight is 272 g/mol. The predicted molar refractivity (Wildman–Crippen MR) is 74.0 cm³/mol. The minimum absolute atomic E-state index is 0.0866. The molecule has 20 heavy (non-hydrogen) atoms. The third-order valence-corrected chi connectivity index (χ3v) is 2.83. The molecule has 0 saturated carbocycles. The minimum Gasteiger partial charge on any atom is -0.459 e. The van der Waals surface area contributed by atoms with E-state index in [0.29, 0.717) is 0 Å². The van der Waals surface area contributed by atoms with Crippen molar-refractivity contribution in [2.24, 2.45) is 0 Å². The van der Waals surface area contributed by atoms with Crippen LogP contribution in [0.25, 0.3) is 0 Å². The van der Waals surface area contributed by atoms with Crippen LogP contribution in [-0.2, 0) is 4.79 Å². The van der Waals surface area contributed by atoms with Crippen molar-refractivity contribution in [2.75, 3.05) is 6.54 Å². The van der Waals surface area contributed by atoms with Gasteiger partial charge in [0, 0.05) is 0 Å². The second kappa shape index (κ2) is 6.56. The molecule has 0 aliphatic rings. The first-order valence-corrected chi connectivity index (χ1v) is 6.33. The van der Waals surface area contributed by atoms with E-state index in [-0.39, 0.29) is 24.3 Å². The molecule has 2 aromatic rings. The first-order valence-electron chi connectivity index (χ1n) is 6.33. The van der Waals surface area contributed by atoms with Crippen molar-refractivity contribution >= 4 is 11.8 Å². The summed E-state index contributed by atoms with van der Waals surface area (Å²) in [5.41, 5.74) is 1.01. The van der Waals surface area contributed by atoms with Gasteiger partial charge in [-0.1, -0.05) is 30.3 Å². The molecule has 1 aromatic heterocycles. The van der Waals surface area contributed by atoms with Gasteiger partial charge in [0.15, 0.2) is 5.76 Å². The Morgan fingerprint density at radius 3 is 2.55 bits per heavy atom. The number of amides is 2. The van der Waals surface area contributed by atoms with Crippen LogP contribution in [0.4, 0.5) is 0 Å². The van der Waals surface area contributed by atoms with E-state index in [1.54, 1.807) is 12.1 Å². The van der Waals surface area contributed by atoms with E-state index in [0.717, 1.165) is 5.56 Å². The van der Waals surface area contributed by atoms with Crippen molar-refractivity contribution in [3.05, 3.63) is 60.1 Å². The molecule has 0 radical (unpaired) electrons. The first kappa shape index (κ1) is 13.9. The highest BCUT2D eigenvalue weighted by molar-refractivity contribution is 5.94. The normalized spacial score (nSPS) is 11.7. The maximum atomic E-state index is 11.7. The smallest absolute Gasteiger partial charge is 0.287 e. The van der Waals surface area contributed by atoms with E-state index in [2.05, 4.69) is 10.6 Å². The number of benzene rings is 1. The predicted octanol–water partition coefficient (Wildman–Crippen LogP) is 1.89. The minimum atomic E-state index is -0.405. The van der Waals surface area contributed by atoms with Crippen molar-refractivity contribution in [1.82, 2.24) is 10.6 Å². The van der Waals surface area contributed by atoms with Gasteiger partial charge in [-0.25, -0.2) is 0 Å².